The van der Waals surface area contributed by atoms with E-state index in [9.17, 15) is 9.90 Å². The van der Waals surface area contributed by atoms with Crippen LogP contribution in [0.5, 0.6) is 5.75 Å². The molecule has 0 bridgehead atoms. The third kappa shape index (κ3) is 4.68. The van der Waals surface area contributed by atoms with Crippen LogP contribution < -0.4 is 4.74 Å². The van der Waals surface area contributed by atoms with Gasteiger partial charge in [0.2, 0.25) is 0 Å². The maximum absolute atomic E-state index is 12.2. The molecule has 1 saturated heterocycles. The van der Waals surface area contributed by atoms with E-state index < -0.39 is 12.0 Å². The van der Waals surface area contributed by atoms with Crippen LogP contribution in [0.15, 0.2) is 97.1 Å². The molecule has 1 N–H and O–H groups in total. The largest absolute Gasteiger partial charge is 0.489 e. The highest BCUT2D eigenvalue weighted by atomic mass is 16.5. The van der Waals surface area contributed by atoms with Crippen LogP contribution in [0.3, 0.4) is 0 Å². The third-order valence-corrected chi connectivity index (χ3v) is 6.72. The van der Waals surface area contributed by atoms with Gasteiger partial charge in [-0.15, -0.1) is 0 Å². The fourth-order valence-corrected chi connectivity index (χ4v) is 5.05. The maximum Gasteiger partial charge on any atom is 0.320 e. The summed E-state index contributed by atoms with van der Waals surface area (Å²) in [6.07, 6.45) is 2.63. The number of carbonyl (C=O) groups is 1. The molecule has 4 aromatic carbocycles. The smallest absolute Gasteiger partial charge is 0.320 e. The molecule has 5 rings (SSSR count). The fraction of sp³-hybridized carbons (Fsp3) is 0.233. The second-order valence-electron chi connectivity index (χ2n) is 8.90. The maximum atomic E-state index is 12.2. The molecule has 2 unspecified atom stereocenters. The molecular weight excluding hydrogens is 422 g/mol. The number of ether oxygens (including phenoxy) is 1. The van der Waals surface area contributed by atoms with E-state index in [2.05, 4.69) is 47.4 Å². The summed E-state index contributed by atoms with van der Waals surface area (Å²) in [7, 11) is 0. The van der Waals surface area contributed by atoms with E-state index in [0.29, 0.717) is 13.0 Å². The number of nitrogens with zero attached hydrogens (tertiary/aromatic N) is 1. The molecule has 4 nitrogen and oxygen atoms in total. The Bertz CT molecular complexity index is 1250. The summed E-state index contributed by atoms with van der Waals surface area (Å²) < 4.78 is 6.00. The predicted octanol–water partition coefficient (Wildman–Crippen LogP) is 6.45. The normalized spacial score (nSPS) is 17.4. The lowest BCUT2D eigenvalue weighted by Crippen LogP contribution is -2.46. The lowest BCUT2D eigenvalue weighted by molar-refractivity contribution is -0.145. The molecule has 0 radical (unpaired) electrons. The van der Waals surface area contributed by atoms with Gasteiger partial charge in [0, 0.05) is 0 Å². The van der Waals surface area contributed by atoms with Gasteiger partial charge in [0.1, 0.15) is 18.4 Å². The molecule has 0 saturated carbocycles. The lowest BCUT2D eigenvalue weighted by atomic mass is 9.89. The molecule has 0 spiro atoms. The van der Waals surface area contributed by atoms with Crippen LogP contribution in [0.4, 0.5) is 0 Å². The van der Waals surface area contributed by atoms with Crippen LogP contribution in [0.2, 0.25) is 0 Å². The fourth-order valence-electron chi connectivity index (χ4n) is 5.05. The van der Waals surface area contributed by atoms with Crippen molar-refractivity contribution in [2.45, 2.75) is 38.0 Å². The van der Waals surface area contributed by atoms with Crippen molar-refractivity contribution in [1.82, 2.24) is 4.90 Å². The number of rotatable bonds is 7. The molecule has 1 heterocycles. The average Bonchev–Trinajstić information content (AvgIpc) is 2.89. The third-order valence-electron chi connectivity index (χ3n) is 6.72. The summed E-state index contributed by atoms with van der Waals surface area (Å²) in [6, 6.07) is 32.3. The van der Waals surface area contributed by atoms with Gasteiger partial charge >= 0.3 is 5.97 Å². The van der Waals surface area contributed by atoms with Crippen molar-refractivity contribution in [2.24, 2.45) is 0 Å². The van der Waals surface area contributed by atoms with Gasteiger partial charge in [-0.2, -0.15) is 0 Å². The van der Waals surface area contributed by atoms with Crippen LogP contribution in [0.1, 0.15) is 42.0 Å². The zero-order valence-corrected chi connectivity index (χ0v) is 19.1. The first-order valence-electron chi connectivity index (χ1n) is 11.9. The quantitative estimate of drug-likeness (QED) is 0.351. The monoisotopic (exact) mass is 451 g/mol. The number of benzene rings is 4. The first-order valence-corrected chi connectivity index (χ1v) is 11.9. The summed E-state index contributed by atoms with van der Waals surface area (Å²) in [5.74, 6) is 0.0606. The van der Waals surface area contributed by atoms with Crippen molar-refractivity contribution < 1.29 is 14.6 Å². The van der Waals surface area contributed by atoms with Crippen molar-refractivity contribution in [3.63, 3.8) is 0 Å². The van der Waals surface area contributed by atoms with Crippen LogP contribution in [0.25, 0.3) is 10.8 Å². The van der Waals surface area contributed by atoms with E-state index in [1.807, 2.05) is 54.6 Å². The Morgan fingerprint density at radius 2 is 1.62 bits per heavy atom. The Hall–Kier alpha value is -3.63. The van der Waals surface area contributed by atoms with E-state index in [0.717, 1.165) is 52.6 Å². The Morgan fingerprint density at radius 1 is 0.882 bits per heavy atom. The van der Waals surface area contributed by atoms with Gasteiger partial charge in [0.15, 0.2) is 0 Å². The van der Waals surface area contributed by atoms with Crippen LogP contribution >= 0.6 is 0 Å². The summed E-state index contributed by atoms with van der Waals surface area (Å²) in [4.78, 5) is 14.4. The predicted molar refractivity (Wildman–Crippen MR) is 135 cm³/mol. The minimum Gasteiger partial charge on any atom is -0.489 e. The van der Waals surface area contributed by atoms with Gasteiger partial charge < -0.3 is 9.84 Å². The minimum atomic E-state index is -0.743. The van der Waals surface area contributed by atoms with E-state index in [1.54, 1.807) is 0 Å². The minimum absolute atomic E-state index is 0.143. The van der Waals surface area contributed by atoms with E-state index in [4.69, 9.17) is 4.74 Å². The number of hydrogen-bond donors (Lipinski definition) is 1. The number of carboxylic acid groups (broad SMARTS) is 1. The summed E-state index contributed by atoms with van der Waals surface area (Å²) in [6.45, 7) is 1.28. The number of likely N-dealkylation sites (tertiary alicyclic amines) is 1. The van der Waals surface area contributed by atoms with Gasteiger partial charge in [-0.05, 0) is 59.0 Å². The summed E-state index contributed by atoms with van der Waals surface area (Å²) in [5, 5.41) is 12.4. The zero-order valence-electron chi connectivity index (χ0n) is 19.1. The number of piperidine rings is 1. The highest BCUT2D eigenvalue weighted by Crippen LogP contribution is 2.38. The Morgan fingerprint density at radius 3 is 2.41 bits per heavy atom. The Kier molecular flexibility index (Phi) is 6.59. The molecule has 2 atom stereocenters. The van der Waals surface area contributed by atoms with Crippen molar-refractivity contribution in [1.29, 1.82) is 0 Å². The molecule has 4 aromatic rings. The first-order chi connectivity index (χ1) is 16.7. The van der Waals surface area contributed by atoms with Crippen molar-refractivity contribution in [3.05, 3.63) is 114 Å². The van der Waals surface area contributed by atoms with Gasteiger partial charge in [0.25, 0.3) is 0 Å². The van der Waals surface area contributed by atoms with Gasteiger partial charge in [-0.3, -0.25) is 9.69 Å². The van der Waals surface area contributed by atoms with Crippen molar-refractivity contribution in [3.8, 4) is 5.75 Å². The molecule has 0 aromatic heterocycles. The Labute approximate surface area is 200 Å². The molecule has 1 aliphatic heterocycles. The number of carboxylic acids is 1. The van der Waals surface area contributed by atoms with Crippen molar-refractivity contribution >= 4 is 16.7 Å². The molecule has 1 fully saturated rings. The zero-order chi connectivity index (χ0) is 23.3. The average molecular weight is 452 g/mol. The molecule has 1 aliphatic rings. The first kappa shape index (κ1) is 22.2. The van der Waals surface area contributed by atoms with Gasteiger partial charge in [-0.25, -0.2) is 0 Å². The topological polar surface area (TPSA) is 49.8 Å². The summed E-state index contributed by atoms with van der Waals surface area (Å²) >= 11 is 0. The van der Waals surface area contributed by atoms with E-state index in [1.165, 1.54) is 0 Å². The Balaban J connectivity index is 1.51. The van der Waals surface area contributed by atoms with Crippen molar-refractivity contribution in [2.75, 3.05) is 6.54 Å². The molecule has 4 heteroatoms. The molecule has 0 amide bonds. The SMILES string of the molecule is O=C(O)C1CCCCN1C(c1ccc(OCc2ccccc2)cc1)c1cccc2ccccc12. The lowest BCUT2D eigenvalue weighted by Gasteiger charge is -2.40. The second-order valence-corrected chi connectivity index (χ2v) is 8.90. The van der Waals surface area contributed by atoms with Crippen LogP contribution in [-0.4, -0.2) is 28.6 Å². The van der Waals surface area contributed by atoms with Crippen LogP contribution in [-0.2, 0) is 11.4 Å². The highest BCUT2D eigenvalue weighted by molar-refractivity contribution is 5.86. The van der Waals surface area contributed by atoms with Gasteiger partial charge in [-0.1, -0.05) is 91.3 Å². The number of fused-ring (bicyclic) bond motifs is 1. The summed E-state index contributed by atoms with van der Waals surface area (Å²) in [5.41, 5.74) is 3.35. The highest BCUT2D eigenvalue weighted by Gasteiger charge is 2.35. The van der Waals surface area contributed by atoms with Gasteiger partial charge in [0.05, 0.1) is 6.04 Å². The molecule has 34 heavy (non-hydrogen) atoms. The molecular formula is C30H29NO3. The standard InChI is InChI=1S/C30H29NO3/c32-30(33)28-15-6-7-20-31(28)29(27-14-8-12-23-11-4-5-13-26(23)27)24-16-18-25(19-17-24)34-21-22-9-2-1-3-10-22/h1-5,8-14,16-19,28-29H,6-7,15,20-21H2,(H,32,33). The van der Waals surface area contributed by atoms with Crippen LogP contribution in [0, 0.1) is 0 Å². The van der Waals surface area contributed by atoms with E-state index in [-0.39, 0.29) is 6.04 Å². The second kappa shape index (κ2) is 10.1. The van der Waals surface area contributed by atoms with E-state index >= 15 is 0 Å². The molecule has 0 aliphatic carbocycles. The molecule has 172 valence electrons. The number of hydrogen-bond acceptors (Lipinski definition) is 3. The number of aliphatic carboxylic acids is 1.